The van der Waals surface area contributed by atoms with E-state index in [9.17, 15) is 9.50 Å². The number of nitrogens with zero attached hydrogens (tertiary/aromatic N) is 2. The van der Waals surface area contributed by atoms with E-state index in [1.54, 1.807) is 12.1 Å². The third kappa shape index (κ3) is 2.50. The Kier molecular flexibility index (Phi) is 3.82. The second kappa shape index (κ2) is 5.87. The van der Waals surface area contributed by atoms with Gasteiger partial charge in [-0.25, -0.2) is 13.9 Å². The highest BCUT2D eigenvalue weighted by atomic mass is 35.5. The Morgan fingerprint density at radius 1 is 1.04 bits per heavy atom. The number of benzene rings is 2. The highest BCUT2D eigenvalue weighted by Crippen LogP contribution is 2.36. The number of rotatable bonds is 2. The second-order valence-electron chi connectivity index (χ2n) is 6.41. The molecule has 1 N–H and O–H groups in total. The Morgan fingerprint density at radius 2 is 1.75 bits per heavy atom. The summed E-state index contributed by atoms with van der Waals surface area (Å²) in [6.45, 7) is 1.23. The van der Waals surface area contributed by atoms with Crippen LogP contribution in [0.4, 0.5) is 10.1 Å². The molecule has 1 atom stereocenters. The third-order valence-electron chi connectivity index (χ3n) is 4.93. The predicted octanol–water partition coefficient (Wildman–Crippen LogP) is 3.74. The van der Waals surface area contributed by atoms with Gasteiger partial charge < -0.3 is 5.11 Å². The fourth-order valence-electron chi connectivity index (χ4n) is 3.72. The van der Waals surface area contributed by atoms with Crippen LogP contribution in [0.25, 0.3) is 0 Å². The Morgan fingerprint density at radius 3 is 2.46 bits per heavy atom. The van der Waals surface area contributed by atoms with Gasteiger partial charge in [0.1, 0.15) is 11.5 Å². The third-order valence-corrected chi connectivity index (χ3v) is 5.18. The van der Waals surface area contributed by atoms with Crippen LogP contribution >= 0.6 is 11.6 Å². The molecule has 5 heteroatoms. The van der Waals surface area contributed by atoms with Crippen molar-refractivity contribution >= 4 is 23.1 Å². The van der Waals surface area contributed by atoms with Crippen molar-refractivity contribution in [3.05, 3.63) is 64.9 Å². The van der Waals surface area contributed by atoms with Crippen molar-refractivity contribution in [1.82, 2.24) is 0 Å². The molecule has 2 aliphatic heterocycles. The van der Waals surface area contributed by atoms with Crippen LogP contribution in [0.1, 0.15) is 24.8 Å². The van der Waals surface area contributed by atoms with E-state index in [4.69, 9.17) is 11.6 Å². The maximum Gasteiger partial charge on any atom is 0.271 e. The van der Waals surface area contributed by atoms with Crippen molar-refractivity contribution in [3.63, 3.8) is 0 Å². The first kappa shape index (κ1) is 15.6. The zero-order valence-electron chi connectivity index (χ0n) is 13.3. The van der Waals surface area contributed by atoms with E-state index < -0.39 is 5.72 Å². The number of anilines is 1. The van der Waals surface area contributed by atoms with E-state index in [0.29, 0.717) is 11.6 Å². The van der Waals surface area contributed by atoms with Gasteiger partial charge in [-0.3, -0.25) is 0 Å². The lowest BCUT2D eigenvalue weighted by molar-refractivity contribution is -0.661. The lowest BCUT2D eigenvalue weighted by atomic mass is 10.0. The van der Waals surface area contributed by atoms with Crippen molar-refractivity contribution in [2.75, 3.05) is 18.0 Å². The molecular formula is C19H19ClFN2O+. The summed E-state index contributed by atoms with van der Waals surface area (Å²) in [5.74, 6) is 0.827. The zero-order valence-corrected chi connectivity index (χ0v) is 14.0. The molecule has 2 heterocycles. The number of hydrogen-bond acceptors (Lipinski definition) is 2. The molecule has 4 rings (SSSR count). The minimum atomic E-state index is -1.14. The van der Waals surface area contributed by atoms with Gasteiger partial charge in [0.15, 0.2) is 6.54 Å². The minimum absolute atomic E-state index is 0.294. The maximum atomic E-state index is 13.3. The van der Waals surface area contributed by atoms with E-state index in [0.717, 1.165) is 42.9 Å². The first-order valence-corrected chi connectivity index (χ1v) is 8.61. The van der Waals surface area contributed by atoms with Crippen LogP contribution in [0.2, 0.25) is 5.02 Å². The van der Waals surface area contributed by atoms with Gasteiger partial charge in [-0.2, -0.15) is 0 Å². The van der Waals surface area contributed by atoms with Crippen LogP contribution in [0, 0.1) is 5.82 Å². The molecule has 0 bridgehead atoms. The minimum Gasteiger partial charge on any atom is -0.346 e. The topological polar surface area (TPSA) is 26.5 Å². The van der Waals surface area contributed by atoms with Crippen molar-refractivity contribution in [1.29, 1.82) is 0 Å². The van der Waals surface area contributed by atoms with Crippen LogP contribution in [-0.4, -0.2) is 28.6 Å². The normalized spacial score (nSPS) is 23.5. The fourth-order valence-corrected chi connectivity index (χ4v) is 3.84. The van der Waals surface area contributed by atoms with Gasteiger partial charge in [0.25, 0.3) is 11.6 Å². The molecule has 0 amide bonds. The number of hydrogen-bond donors (Lipinski definition) is 1. The van der Waals surface area contributed by atoms with E-state index in [1.807, 2.05) is 24.3 Å². The van der Waals surface area contributed by atoms with E-state index in [1.165, 1.54) is 12.1 Å². The van der Waals surface area contributed by atoms with E-state index in [-0.39, 0.29) is 5.82 Å². The SMILES string of the molecule is O[C@@]1(c2ccc(F)cc2)CN(c2ccc(Cl)cc2)C2=[N+]1CCCC2. The predicted molar refractivity (Wildman–Crippen MR) is 93.1 cm³/mol. The summed E-state index contributed by atoms with van der Waals surface area (Å²) < 4.78 is 15.4. The molecule has 24 heavy (non-hydrogen) atoms. The molecule has 0 saturated carbocycles. The summed E-state index contributed by atoms with van der Waals surface area (Å²) in [5, 5.41) is 12.1. The van der Waals surface area contributed by atoms with Crippen LogP contribution in [0.3, 0.4) is 0 Å². The van der Waals surface area contributed by atoms with Gasteiger partial charge >= 0.3 is 0 Å². The Hall–Kier alpha value is -1.91. The molecule has 0 aliphatic carbocycles. The molecule has 0 saturated heterocycles. The van der Waals surface area contributed by atoms with Crippen LogP contribution < -0.4 is 4.90 Å². The molecule has 0 spiro atoms. The van der Waals surface area contributed by atoms with E-state index in [2.05, 4.69) is 9.48 Å². The van der Waals surface area contributed by atoms with Crippen LogP contribution in [0.15, 0.2) is 48.5 Å². The van der Waals surface area contributed by atoms with Gasteiger partial charge in [0, 0.05) is 17.0 Å². The average molecular weight is 346 g/mol. The number of halogens is 2. The van der Waals surface area contributed by atoms with Gasteiger partial charge in [0.2, 0.25) is 0 Å². The van der Waals surface area contributed by atoms with Crippen molar-refractivity contribution in [2.24, 2.45) is 0 Å². The van der Waals surface area contributed by atoms with Crippen molar-refractivity contribution in [3.8, 4) is 0 Å². The monoisotopic (exact) mass is 345 g/mol. The molecule has 0 radical (unpaired) electrons. The Labute approximate surface area is 145 Å². The number of aliphatic hydroxyl groups is 1. The fraction of sp³-hybridized carbons (Fsp3) is 0.316. The molecule has 2 aliphatic rings. The summed E-state index contributed by atoms with van der Waals surface area (Å²) in [7, 11) is 0. The van der Waals surface area contributed by atoms with Gasteiger partial charge in [-0.05, 0) is 61.4 Å². The van der Waals surface area contributed by atoms with Gasteiger partial charge in [-0.1, -0.05) is 11.6 Å². The lowest BCUT2D eigenvalue weighted by Crippen LogP contribution is -2.41. The van der Waals surface area contributed by atoms with Gasteiger partial charge in [0.05, 0.1) is 6.54 Å². The molecule has 3 nitrogen and oxygen atoms in total. The van der Waals surface area contributed by atoms with Crippen LogP contribution in [0.5, 0.6) is 0 Å². The zero-order chi connectivity index (χ0) is 16.7. The first-order chi connectivity index (χ1) is 11.6. The highest BCUT2D eigenvalue weighted by Gasteiger charge is 2.52. The smallest absolute Gasteiger partial charge is 0.271 e. The molecule has 2 aromatic rings. The van der Waals surface area contributed by atoms with Crippen molar-refractivity contribution < 1.29 is 14.1 Å². The van der Waals surface area contributed by atoms with Crippen LogP contribution in [-0.2, 0) is 5.72 Å². The molecule has 0 aromatic heterocycles. The maximum absolute atomic E-state index is 13.3. The molecule has 124 valence electrons. The average Bonchev–Trinajstić information content (AvgIpc) is 2.91. The first-order valence-electron chi connectivity index (χ1n) is 8.23. The second-order valence-corrected chi connectivity index (χ2v) is 6.85. The quantitative estimate of drug-likeness (QED) is 0.839. The lowest BCUT2D eigenvalue weighted by Gasteiger charge is -2.24. The van der Waals surface area contributed by atoms with Gasteiger partial charge in [-0.15, -0.1) is 0 Å². The number of amidine groups is 1. The largest absolute Gasteiger partial charge is 0.346 e. The standard InChI is InChI=1S/C19H19ClFN2O/c20-15-6-10-17(11-7-15)22-13-19(24,14-4-8-16(21)9-5-14)23-12-2-1-3-18(22)23/h4-11,24H,1-3,12-13H2/q+1/t19-/m1/s1. The van der Waals surface area contributed by atoms with E-state index >= 15 is 0 Å². The highest BCUT2D eigenvalue weighted by molar-refractivity contribution is 6.30. The molecule has 0 unspecified atom stereocenters. The molecular weight excluding hydrogens is 327 g/mol. The Bertz CT molecular complexity index is 788. The van der Waals surface area contributed by atoms with Crippen molar-refractivity contribution in [2.45, 2.75) is 25.0 Å². The molecule has 2 aromatic carbocycles. The summed E-state index contributed by atoms with van der Waals surface area (Å²) in [5.41, 5.74) is 0.599. The summed E-state index contributed by atoms with van der Waals surface area (Å²) >= 11 is 6.00. The Balaban J connectivity index is 1.78. The number of β-amino-alcohol motifs (C(OH)–C–C–N with tert-alkyl or cyclic N) is 1. The summed E-state index contributed by atoms with van der Waals surface area (Å²) in [6, 6.07) is 13.8. The summed E-state index contributed by atoms with van der Waals surface area (Å²) in [6.07, 6.45) is 3.07. The summed E-state index contributed by atoms with van der Waals surface area (Å²) in [4.78, 5) is 2.15. The molecule has 0 fully saturated rings.